The predicted molar refractivity (Wildman–Crippen MR) is 67.9 cm³/mol. The van der Waals surface area contributed by atoms with E-state index in [4.69, 9.17) is 11.6 Å². The number of piperidine rings is 1. The van der Waals surface area contributed by atoms with Crippen LogP contribution in [0.3, 0.4) is 0 Å². The van der Waals surface area contributed by atoms with E-state index in [2.05, 4.69) is 5.32 Å². The molecule has 0 amide bonds. The summed E-state index contributed by atoms with van der Waals surface area (Å²) in [6, 6.07) is 5.18. The number of halogens is 2. The molecular weight excluding hydrogens is 237 g/mol. The number of hydrogen-bond donors (Lipinski definition) is 1. The van der Waals surface area contributed by atoms with Crippen molar-refractivity contribution in [3.05, 3.63) is 34.6 Å². The SMILES string of the molecule is Fc1ccc(C2CC3(CCNCC3)C2)cc1Cl. The third-order valence-corrected chi connectivity index (χ3v) is 4.73. The highest BCUT2D eigenvalue weighted by atomic mass is 35.5. The Morgan fingerprint density at radius 2 is 1.94 bits per heavy atom. The van der Waals surface area contributed by atoms with Gasteiger partial charge in [-0.2, -0.15) is 0 Å². The van der Waals surface area contributed by atoms with Gasteiger partial charge >= 0.3 is 0 Å². The molecule has 1 spiro atoms. The van der Waals surface area contributed by atoms with Gasteiger partial charge in [0.1, 0.15) is 5.82 Å². The second-order valence-corrected chi connectivity index (χ2v) is 5.94. The molecule has 3 rings (SSSR count). The second kappa shape index (κ2) is 4.25. The molecule has 0 radical (unpaired) electrons. The summed E-state index contributed by atoms with van der Waals surface area (Å²) in [5.74, 6) is 0.275. The van der Waals surface area contributed by atoms with Crippen molar-refractivity contribution in [2.24, 2.45) is 5.41 Å². The highest BCUT2D eigenvalue weighted by Gasteiger charge is 2.44. The van der Waals surface area contributed by atoms with Gasteiger partial charge in [0, 0.05) is 0 Å². The minimum atomic E-state index is -0.314. The molecule has 1 N–H and O–H groups in total. The fraction of sp³-hybridized carbons (Fsp3) is 0.571. The fourth-order valence-electron chi connectivity index (χ4n) is 3.35. The smallest absolute Gasteiger partial charge is 0.141 e. The lowest BCUT2D eigenvalue weighted by Crippen LogP contribution is -2.44. The molecule has 0 aromatic heterocycles. The Bertz CT molecular complexity index is 418. The van der Waals surface area contributed by atoms with Crippen molar-refractivity contribution in [1.29, 1.82) is 0 Å². The zero-order valence-electron chi connectivity index (χ0n) is 9.81. The molecule has 2 aliphatic rings. The van der Waals surface area contributed by atoms with Crippen LogP contribution >= 0.6 is 11.6 Å². The predicted octanol–water partition coefficient (Wildman–Crippen LogP) is 3.73. The van der Waals surface area contributed by atoms with Gasteiger partial charge in [0.15, 0.2) is 0 Å². The standard InChI is InChI=1S/C14H17ClFN/c15-12-7-10(1-2-13(12)16)11-8-14(9-11)3-5-17-6-4-14/h1-2,7,11,17H,3-6,8-9H2. The lowest BCUT2D eigenvalue weighted by atomic mass is 9.56. The van der Waals surface area contributed by atoms with Crippen LogP contribution in [-0.4, -0.2) is 13.1 Å². The Morgan fingerprint density at radius 1 is 1.24 bits per heavy atom. The maximum Gasteiger partial charge on any atom is 0.141 e. The van der Waals surface area contributed by atoms with Crippen molar-refractivity contribution in [2.45, 2.75) is 31.6 Å². The van der Waals surface area contributed by atoms with Crippen LogP contribution in [0, 0.1) is 11.2 Å². The van der Waals surface area contributed by atoms with E-state index >= 15 is 0 Å². The lowest BCUT2D eigenvalue weighted by Gasteiger charge is -2.50. The summed E-state index contributed by atoms with van der Waals surface area (Å²) in [6.07, 6.45) is 5.07. The summed E-state index contributed by atoms with van der Waals surface area (Å²) in [7, 11) is 0. The summed E-state index contributed by atoms with van der Waals surface area (Å²) in [4.78, 5) is 0. The second-order valence-electron chi connectivity index (χ2n) is 5.53. The molecule has 2 fully saturated rings. The van der Waals surface area contributed by atoms with Crippen molar-refractivity contribution in [1.82, 2.24) is 5.32 Å². The molecular formula is C14H17ClFN. The van der Waals surface area contributed by atoms with Crippen LogP contribution < -0.4 is 5.32 Å². The summed E-state index contributed by atoms with van der Waals surface area (Å²) in [5, 5.41) is 3.67. The Balaban J connectivity index is 1.70. The molecule has 1 heterocycles. The van der Waals surface area contributed by atoms with Gasteiger partial charge in [0.25, 0.3) is 0 Å². The number of benzene rings is 1. The first-order valence-corrected chi connectivity index (χ1v) is 6.72. The first kappa shape index (κ1) is 11.5. The Kier molecular flexibility index (Phi) is 2.87. The molecule has 1 aliphatic heterocycles. The Hall–Kier alpha value is -0.600. The maximum atomic E-state index is 13.1. The summed E-state index contributed by atoms with van der Waals surface area (Å²) in [5.41, 5.74) is 1.78. The maximum absolute atomic E-state index is 13.1. The van der Waals surface area contributed by atoms with E-state index in [1.165, 1.54) is 37.3 Å². The highest BCUT2D eigenvalue weighted by molar-refractivity contribution is 6.30. The van der Waals surface area contributed by atoms with Gasteiger partial charge in [-0.1, -0.05) is 17.7 Å². The largest absolute Gasteiger partial charge is 0.317 e. The lowest BCUT2D eigenvalue weighted by molar-refractivity contribution is 0.0604. The van der Waals surface area contributed by atoms with E-state index in [0.717, 1.165) is 13.1 Å². The van der Waals surface area contributed by atoms with Crippen molar-refractivity contribution in [3.8, 4) is 0 Å². The summed E-state index contributed by atoms with van der Waals surface area (Å²) < 4.78 is 13.1. The minimum Gasteiger partial charge on any atom is -0.317 e. The summed E-state index contributed by atoms with van der Waals surface area (Å²) >= 11 is 5.83. The van der Waals surface area contributed by atoms with Crippen LogP contribution in [-0.2, 0) is 0 Å². The van der Waals surface area contributed by atoms with Crippen molar-refractivity contribution in [3.63, 3.8) is 0 Å². The van der Waals surface area contributed by atoms with E-state index in [1.807, 2.05) is 6.07 Å². The van der Waals surface area contributed by atoms with Crippen molar-refractivity contribution in [2.75, 3.05) is 13.1 Å². The fourth-order valence-corrected chi connectivity index (χ4v) is 3.54. The van der Waals surface area contributed by atoms with Crippen LogP contribution in [0.5, 0.6) is 0 Å². The molecule has 1 saturated carbocycles. The minimum absolute atomic E-state index is 0.258. The third-order valence-electron chi connectivity index (χ3n) is 4.44. The van der Waals surface area contributed by atoms with Gasteiger partial charge in [-0.3, -0.25) is 0 Å². The third kappa shape index (κ3) is 2.09. The molecule has 0 atom stereocenters. The Morgan fingerprint density at radius 3 is 2.59 bits per heavy atom. The van der Waals surface area contributed by atoms with E-state index in [-0.39, 0.29) is 10.8 Å². The first-order chi connectivity index (χ1) is 8.19. The molecule has 3 heteroatoms. The summed E-state index contributed by atoms with van der Waals surface area (Å²) in [6.45, 7) is 2.30. The van der Waals surface area contributed by atoms with E-state index in [1.54, 1.807) is 6.07 Å². The van der Waals surface area contributed by atoms with Crippen LogP contribution in [0.15, 0.2) is 18.2 Å². The molecule has 1 aromatic rings. The number of rotatable bonds is 1. The molecule has 0 bridgehead atoms. The zero-order chi connectivity index (χ0) is 11.9. The topological polar surface area (TPSA) is 12.0 Å². The van der Waals surface area contributed by atoms with Crippen LogP contribution in [0.25, 0.3) is 0 Å². The molecule has 1 aromatic carbocycles. The van der Waals surface area contributed by atoms with Gasteiger partial charge in [-0.05, 0) is 67.8 Å². The normalized spacial score (nSPS) is 23.6. The molecule has 92 valence electrons. The van der Waals surface area contributed by atoms with Gasteiger partial charge in [0.05, 0.1) is 5.02 Å². The molecule has 0 unspecified atom stereocenters. The Labute approximate surface area is 106 Å². The van der Waals surface area contributed by atoms with E-state index < -0.39 is 0 Å². The van der Waals surface area contributed by atoms with Crippen LogP contribution in [0.2, 0.25) is 5.02 Å². The average molecular weight is 254 g/mol. The van der Waals surface area contributed by atoms with Crippen molar-refractivity contribution >= 4 is 11.6 Å². The molecule has 17 heavy (non-hydrogen) atoms. The molecule has 1 saturated heterocycles. The van der Waals surface area contributed by atoms with Crippen LogP contribution in [0.1, 0.15) is 37.2 Å². The van der Waals surface area contributed by atoms with Gasteiger partial charge in [-0.15, -0.1) is 0 Å². The quantitative estimate of drug-likeness (QED) is 0.804. The van der Waals surface area contributed by atoms with Crippen molar-refractivity contribution < 1.29 is 4.39 Å². The zero-order valence-corrected chi connectivity index (χ0v) is 10.6. The van der Waals surface area contributed by atoms with Gasteiger partial charge in [0.2, 0.25) is 0 Å². The molecule has 1 aliphatic carbocycles. The monoisotopic (exact) mass is 253 g/mol. The average Bonchev–Trinajstić information content (AvgIpc) is 2.31. The number of nitrogens with one attached hydrogen (secondary N) is 1. The van der Waals surface area contributed by atoms with E-state index in [9.17, 15) is 4.39 Å². The van der Waals surface area contributed by atoms with Crippen LogP contribution in [0.4, 0.5) is 4.39 Å². The van der Waals surface area contributed by atoms with Gasteiger partial charge < -0.3 is 5.32 Å². The number of hydrogen-bond acceptors (Lipinski definition) is 1. The van der Waals surface area contributed by atoms with E-state index in [0.29, 0.717) is 11.3 Å². The van der Waals surface area contributed by atoms with Gasteiger partial charge in [-0.25, -0.2) is 4.39 Å². The highest BCUT2D eigenvalue weighted by Crippen LogP contribution is 2.56. The first-order valence-electron chi connectivity index (χ1n) is 6.34. The molecule has 1 nitrogen and oxygen atoms in total.